The van der Waals surface area contributed by atoms with Crippen molar-refractivity contribution in [2.45, 2.75) is 37.5 Å². The summed E-state index contributed by atoms with van der Waals surface area (Å²) in [7, 11) is 0. The molecular weight excluding hydrogens is 364 g/mol. The van der Waals surface area contributed by atoms with Gasteiger partial charge in [0.1, 0.15) is 12.7 Å². The summed E-state index contributed by atoms with van der Waals surface area (Å²) < 4.78 is 11.5. The van der Waals surface area contributed by atoms with Crippen LogP contribution >= 0.6 is 0 Å². The van der Waals surface area contributed by atoms with Crippen molar-refractivity contribution in [3.63, 3.8) is 0 Å². The van der Waals surface area contributed by atoms with Crippen LogP contribution in [0.5, 0.6) is 0 Å². The maximum Gasteiger partial charge on any atom is 0.334 e. The van der Waals surface area contributed by atoms with E-state index in [1.165, 1.54) is 12.8 Å². The molecule has 2 N–H and O–H groups in total. The Kier molecular flexibility index (Phi) is 6.60. The van der Waals surface area contributed by atoms with E-state index in [4.69, 9.17) is 9.47 Å². The summed E-state index contributed by atoms with van der Waals surface area (Å²) in [5.41, 5.74) is 0.934. The van der Waals surface area contributed by atoms with Gasteiger partial charge in [0, 0.05) is 0 Å². The van der Waals surface area contributed by atoms with Crippen LogP contribution in [0.15, 0.2) is 60.7 Å². The summed E-state index contributed by atoms with van der Waals surface area (Å²) in [4.78, 5) is 13.4. The van der Waals surface area contributed by atoms with Crippen molar-refractivity contribution < 1.29 is 14.3 Å². The number of epoxide rings is 1. The highest BCUT2D eigenvalue weighted by atomic mass is 16.6. The zero-order valence-corrected chi connectivity index (χ0v) is 16.8. The molecule has 0 saturated carbocycles. The second-order valence-electron chi connectivity index (χ2n) is 7.97. The van der Waals surface area contributed by atoms with Crippen LogP contribution in [-0.2, 0) is 26.4 Å². The predicted octanol–water partition coefficient (Wildman–Crippen LogP) is 3.00. The average molecular weight is 395 g/mol. The molecule has 0 amide bonds. The van der Waals surface area contributed by atoms with E-state index in [0.717, 1.165) is 37.2 Å². The van der Waals surface area contributed by atoms with E-state index in [1.54, 1.807) is 0 Å². The van der Waals surface area contributed by atoms with Crippen LogP contribution in [0, 0.1) is 5.92 Å². The molecule has 2 aliphatic heterocycles. The number of benzene rings is 2. The van der Waals surface area contributed by atoms with Crippen LogP contribution in [0.1, 0.15) is 30.4 Å². The van der Waals surface area contributed by atoms with E-state index >= 15 is 0 Å². The molecule has 2 aromatic carbocycles. The van der Waals surface area contributed by atoms with Gasteiger partial charge in [0.2, 0.25) is 0 Å². The molecule has 5 heteroatoms. The highest BCUT2D eigenvalue weighted by Gasteiger charge is 2.55. The Morgan fingerprint density at radius 2 is 1.72 bits per heavy atom. The molecule has 2 fully saturated rings. The normalized spacial score (nSPS) is 21.3. The van der Waals surface area contributed by atoms with Gasteiger partial charge in [0.15, 0.2) is 5.54 Å². The van der Waals surface area contributed by atoms with Gasteiger partial charge < -0.3 is 14.8 Å². The fourth-order valence-corrected chi connectivity index (χ4v) is 4.20. The van der Waals surface area contributed by atoms with Gasteiger partial charge >= 0.3 is 5.97 Å². The van der Waals surface area contributed by atoms with Gasteiger partial charge in [-0.15, -0.1) is 0 Å². The van der Waals surface area contributed by atoms with Crippen LogP contribution in [0.2, 0.25) is 0 Å². The van der Waals surface area contributed by atoms with Crippen molar-refractivity contribution in [2.75, 3.05) is 26.2 Å². The molecule has 2 aromatic rings. The van der Waals surface area contributed by atoms with Crippen LogP contribution in [0.25, 0.3) is 0 Å². The lowest BCUT2D eigenvalue weighted by molar-refractivity contribution is -0.155. The van der Waals surface area contributed by atoms with E-state index in [0.29, 0.717) is 12.5 Å². The third-order valence-electron chi connectivity index (χ3n) is 6.00. The maximum atomic E-state index is 13.4. The molecule has 2 aliphatic rings. The van der Waals surface area contributed by atoms with E-state index in [9.17, 15) is 4.79 Å². The molecule has 2 saturated heterocycles. The highest BCUT2D eigenvalue weighted by molar-refractivity contribution is 5.84. The molecule has 0 bridgehead atoms. The smallest absolute Gasteiger partial charge is 0.334 e. The van der Waals surface area contributed by atoms with Crippen LogP contribution in [-0.4, -0.2) is 38.3 Å². The minimum absolute atomic E-state index is 0.193. The molecule has 2 atom stereocenters. The molecule has 154 valence electrons. The van der Waals surface area contributed by atoms with E-state index in [2.05, 4.69) is 10.6 Å². The standard InChI is InChI=1S/C24H30N2O3/c27-23(29-17-20-7-3-1-4-8-20)24(22-18-28-22,21-9-5-2-6-10-21)26-16-13-19-11-14-25-15-12-19/h1-10,19,22,25-26H,11-18H2. The maximum absolute atomic E-state index is 13.4. The van der Waals surface area contributed by atoms with Gasteiger partial charge in [-0.25, -0.2) is 4.79 Å². The Hall–Kier alpha value is -2.21. The minimum atomic E-state index is -0.955. The second kappa shape index (κ2) is 9.53. The van der Waals surface area contributed by atoms with E-state index < -0.39 is 5.54 Å². The Morgan fingerprint density at radius 3 is 2.38 bits per heavy atom. The Balaban J connectivity index is 1.50. The summed E-state index contributed by atoms with van der Waals surface area (Å²) >= 11 is 0. The first-order valence-electron chi connectivity index (χ1n) is 10.6. The Morgan fingerprint density at radius 1 is 1.07 bits per heavy atom. The molecule has 0 spiro atoms. The lowest BCUT2D eigenvalue weighted by atomic mass is 9.85. The van der Waals surface area contributed by atoms with E-state index in [-0.39, 0.29) is 18.7 Å². The SMILES string of the molecule is O=C(OCc1ccccc1)C(NCCC1CCNCC1)(c1ccccc1)C1CO1. The van der Waals surface area contributed by atoms with Gasteiger partial charge in [-0.2, -0.15) is 0 Å². The lowest BCUT2D eigenvalue weighted by Gasteiger charge is -2.33. The first-order chi connectivity index (χ1) is 14.3. The third-order valence-corrected chi connectivity index (χ3v) is 6.00. The summed E-state index contributed by atoms with van der Waals surface area (Å²) in [6.07, 6.45) is 3.24. The molecule has 2 unspecified atom stereocenters. The molecular formula is C24H30N2O3. The first kappa shape index (κ1) is 20.1. The van der Waals surface area contributed by atoms with E-state index in [1.807, 2.05) is 60.7 Å². The minimum Gasteiger partial charge on any atom is -0.459 e. The molecule has 0 aromatic heterocycles. The Bertz CT molecular complexity index is 773. The molecule has 2 heterocycles. The zero-order chi connectivity index (χ0) is 19.9. The quantitative estimate of drug-likeness (QED) is 0.506. The van der Waals surface area contributed by atoms with Crippen LogP contribution in [0.3, 0.4) is 0 Å². The van der Waals surface area contributed by atoms with Crippen molar-refractivity contribution in [2.24, 2.45) is 5.92 Å². The number of carbonyl (C=O) groups excluding carboxylic acids is 1. The van der Waals surface area contributed by atoms with Gasteiger partial charge in [-0.3, -0.25) is 5.32 Å². The van der Waals surface area contributed by atoms with Crippen molar-refractivity contribution >= 4 is 5.97 Å². The number of ether oxygens (including phenoxy) is 2. The van der Waals surface area contributed by atoms with Gasteiger partial charge in [0.25, 0.3) is 0 Å². The monoisotopic (exact) mass is 394 g/mol. The number of hydrogen-bond donors (Lipinski definition) is 2. The largest absolute Gasteiger partial charge is 0.459 e. The fourth-order valence-electron chi connectivity index (χ4n) is 4.20. The number of hydrogen-bond acceptors (Lipinski definition) is 5. The number of esters is 1. The predicted molar refractivity (Wildman–Crippen MR) is 112 cm³/mol. The second-order valence-corrected chi connectivity index (χ2v) is 7.97. The molecule has 4 rings (SSSR count). The molecule has 5 nitrogen and oxygen atoms in total. The summed E-state index contributed by atoms with van der Waals surface area (Å²) in [6, 6.07) is 19.7. The Labute approximate surface area is 172 Å². The fraction of sp³-hybridized carbons (Fsp3) is 0.458. The topological polar surface area (TPSA) is 62.9 Å². The van der Waals surface area contributed by atoms with Gasteiger partial charge in [-0.05, 0) is 55.9 Å². The van der Waals surface area contributed by atoms with Crippen molar-refractivity contribution in [3.05, 3.63) is 71.8 Å². The van der Waals surface area contributed by atoms with Crippen molar-refractivity contribution in [1.82, 2.24) is 10.6 Å². The number of nitrogens with one attached hydrogen (secondary N) is 2. The summed E-state index contributed by atoms with van der Waals surface area (Å²) in [5.74, 6) is 0.429. The number of carbonyl (C=O) groups is 1. The van der Waals surface area contributed by atoms with Crippen molar-refractivity contribution in [1.29, 1.82) is 0 Å². The molecule has 29 heavy (non-hydrogen) atoms. The lowest BCUT2D eigenvalue weighted by Crippen LogP contribution is -2.55. The first-order valence-corrected chi connectivity index (χ1v) is 10.6. The molecule has 0 radical (unpaired) electrons. The third kappa shape index (κ3) is 4.86. The number of piperidine rings is 1. The van der Waals surface area contributed by atoms with Crippen LogP contribution < -0.4 is 10.6 Å². The average Bonchev–Trinajstić information content (AvgIpc) is 3.63. The molecule has 0 aliphatic carbocycles. The van der Waals surface area contributed by atoms with Crippen LogP contribution in [0.4, 0.5) is 0 Å². The summed E-state index contributed by atoms with van der Waals surface area (Å²) in [5, 5.41) is 6.99. The summed E-state index contributed by atoms with van der Waals surface area (Å²) in [6.45, 7) is 3.76. The van der Waals surface area contributed by atoms with Gasteiger partial charge in [-0.1, -0.05) is 60.7 Å². The zero-order valence-electron chi connectivity index (χ0n) is 16.8. The van der Waals surface area contributed by atoms with Crippen molar-refractivity contribution in [3.8, 4) is 0 Å². The highest BCUT2D eigenvalue weighted by Crippen LogP contribution is 2.36. The number of rotatable bonds is 9. The van der Waals surface area contributed by atoms with Gasteiger partial charge in [0.05, 0.1) is 6.61 Å².